The third-order valence-corrected chi connectivity index (χ3v) is 4.24. The summed E-state index contributed by atoms with van der Waals surface area (Å²) in [5, 5.41) is 12.1. The van der Waals surface area contributed by atoms with Crippen molar-refractivity contribution in [1.29, 1.82) is 0 Å². The minimum atomic E-state index is -0.661. The third-order valence-electron chi connectivity index (χ3n) is 4.24. The number of aliphatic carboxylic acids is 1. The number of likely N-dealkylation sites (N-methyl/N-ethyl adjacent to an activating group) is 1. The van der Waals surface area contributed by atoms with Gasteiger partial charge in [0.25, 0.3) is 0 Å². The minimum absolute atomic E-state index is 0.335. The van der Waals surface area contributed by atoms with Crippen molar-refractivity contribution in [2.75, 3.05) is 32.7 Å². The first-order chi connectivity index (χ1) is 10.7. The fourth-order valence-electron chi connectivity index (χ4n) is 2.67. The first-order valence-electron chi connectivity index (χ1n) is 9.35. The Bertz CT molecular complexity index is 243. The highest BCUT2D eigenvalue weighted by atomic mass is 16.4. The molecule has 0 bridgehead atoms. The van der Waals surface area contributed by atoms with Crippen LogP contribution in [-0.2, 0) is 4.79 Å². The second-order valence-electron chi connectivity index (χ2n) is 6.10. The van der Waals surface area contributed by atoms with Gasteiger partial charge < -0.3 is 15.3 Å². The maximum atomic E-state index is 10.4. The van der Waals surface area contributed by atoms with E-state index in [1.54, 1.807) is 0 Å². The fraction of sp³-hybridized carbons (Fsp3) is 0.944. The number of rotatable bonds is 17. The van der Waals surface area contributed by atoms with E-state index in [9.17, 15) is 4.79 Å². The lowest BCUT2D eigenvalue weighted by Gasteiger charge is -2.17. The molecular formula is C18H38N2O2. The van der Waals surface area contributed by atoms with Gasteiger partial charge in [-0.25, -0.2) is 0 Å². The number of hydrogen-bond donors (Lipinski definition) is 2. The van der Waals surface area contributed by atoms with E-state index in [1.165, 1.54) is 44.9 Å². The van der Waals surface area contributed by atoms with Crippen LogP contribution in [0.4, 0.5) is 0 Å². The molecule has 4 heteroatoms. The number of nitrogens with one attached hydrogen (secondary N) is 1. The van der Waals surface area contributed by atoms with E-state index in [-0.39, 0.29) is 0 Å². The van der Waals surface area contributed by atoms with E-state index in [1.807, 2.05) is 0 Å². The summed E-state index contributed by atoms with van der Waals surface area (Å²) in [6.45, 7) is 10.2. The quantitative estimate of drug-likeness (QED) is 0.400. The molecule has 0 aromatic carbocycles. The van der Waals surface area contributed by atoms with Gasteiger partial charge >= 0.3 is 5.97 Å². The van der Waals surface area contributed by atoms with Crippen LogP contribution in [0.2, 0.25) is 0 Å². The summed E-state index contributed by atoms with van der Waals surface area (Å²) in [5.74, 6) is -0.661. The Kier molecular flexibility index (Phi) is 16.3. The van der Waals surface area contributed by atoms with Gasteiger partial charge in [0.1, 0.15) is 0 Å². The standard InChI is InChI=1S/C18H38N2O2/c1-3-20(4-2)17-16-19-15-13-11-9-7-5-6-8-10-12-14-18(21)22/h19H,3-17H2,1-2H3,(H,21,22). The molecule has 0 amide bonds. The van der Waals surface area contributed by atoms with Crippen molar-refractivity contribution in [2.45, 2.75) is 78.1 Å². The number of nitrogens with zero attached hydrogens (tertiary/aromatic N) is 1. The number of unbranched alkanes of at least 4 members (excludes halogenated alkanes) is 8. The van der Waals surface area contributed by atoms with Crippen LogP contribution in [0.3, 0.4) is 0 Å². The smallest absolute Gasteiger partial charge is 0.303 e. The van der Waals surface area contributed by atoms with E-state index in [0.29, 0.717) is 6.42 Å². The lowest BCUT2D eigenvalue weighted by Crippen LogP contribution is -2.32. The fourth-order valence-corrected chi connectivity index (χ4v) is 2.67. The molecule has 0 aliphatic carbocycles. The second kappa shape index (κ2) is 16.8. The monoisotopic (exact) mass is 314 g/mol. The molecule has 2 N–H and O–H groups in total. The highest BCUT2D eigenvalue weighted by molar-refractivity contribution is 5.66. The molecule has 0 atom stereocenters. The lowest BCUT2D eigenvalue weighted by atomic mass is 10.1. The van der Waals surface area contributed by atoms with Gasteiger partial charge in [-0.2, -0.15) is 0 Å². The zero-order valence-corrected chi connectivity index (χ0v) is 14.9. The van der Waals surface area contributed by atoms with Gasteiger partial charge in [0.05, 0.1) is 0 Å². The van der Waals surface area contributed by atoms with Crippen molar-refractivity contribution in [2.24, 2.45) is 0 Å². The molecule has 4 nitrogen and oxygen atoms in total. The summed E-state index contributed by atoms with van der Waals surface area (Å²) in [4.78, 5) is 12.8. The molecule has 22 heavy (non-hydrogen) atoms. The highest BCUT2D eigenvalue weighted by Gasteiger charge is 1.98. The summed E-state index contributed by atoms with van der Waals surface area (Å²) in [7, 11) is 0. The Hall–Kier alpha value is -0.610. The van der Waals surface area contributed by atoms with Gasteiger partial charge in [-0.15, -0.1) is 0 Å². The van der Waals surface area contributed by atoms with E-state index >= 15 is 0 Å². The first kappa shape index (κ1) is 21.4. The lowest BCUT2D eigenvalue weighted by molar-refractivity contribution is -0.137. The molecule has 0 aliphatic heterocycles. The van der Waals surface area contributed by atoms with Crippen molar-refractivity contribution >= 4 is 5.97 Å². The normalized spacial score (nSPS) is 11.2. The topological polar surface area (TPSA) is 52.6 Å². The van der Waals surface area contributed by atoms with Gasteiger partial charge in [-0.05, 0) is 32.5 Å². The van der Waals surface area contributed by atoms with Crippen LogP contribution in [0.5, 0.6) is 0 Å². The minimum Gasteiger partial charge on any atom is -0.481 e. The summed E-state index contributed by atoms with van der Waals surface area (Å²) < 4.78 is 0. The Morgan fingerprint density at radius 3 is 1.82 bits per heavy atom. The Balaban J connectivity index is 3.07. The molecule has 0 aromatic heterocycles. The van der Waals surface area contributed by atoms with Gasteiger partial charge in [-0.3, -0.25) is 4.79 Å². The van der Waals surface area contributed by atoms with Crippen molar-refractivity contribution in [3.63, 3.8) is 0 Å². The Morgan fingerprint density at radius 2 is 1.32 bits per heavy atom. The molecule has 0 unspecified atom stereocenters. The van der Waals surface area contributed by atoms with Gasteiger partial charge in [0.15, 0.2) is 0 Å². The molecule has 0 spiro atoms. The molecule has 0 aliphatic rings. The van der Waals surface area contributed by atoms with Gasteiger partial charge in [-0.1, -0.05) is 58.8 Å². The summed E-state index contributed by atoms with van der Waals surface area (Å²) >= 11 is 0. The summed E-state index contributed by atoms with van der Waals surface area (Å²) in [6, 6.07) is 0. The number of carboxylic acid groups (broad SMARTS) is 1. The van der Waals surface area contributed by atoms with Crippen LogP contribution >= 0.6 is 0 Å². The molecule has 0 fully saturated rings. The zero-order chi connectivity index (χ0) is 16.5. The van der Waals surface area contributed by atoms with Crippen LogP contribution < -0.4 is 5.32 Å². The van der Waals surface area contributed by atoms with Gasteiger partial charge in [0, 0.05) is 19.5 Å². The maximum Gasteiger partial charge on any atom is 0.303 e. The zero-order valence-electron chi connectivity index (χ0n) is 14.9. The Labute approximate surface area is 137 Å². The van der Waals surface area contributed by atoms with Crippen LogP contribution in [0, 0.1) is 0 Å². The second-order valence-corrected chi connectivity index (χ2v) is 6.10. The summed E-state index contributed by atoms with van der Waals surface area (Å²) in [6.07, 6.45) is 11.3. The van der Waals surface area contributed by atoms with Crippen LogP contribution in [0.15, 0.2) is 0 Å². The number of carboxylic acids is 1. The van der Waals surface area contributed by atoms with E-state index < -0.39 is 5.97 Å². The average molecular weight is 315 g/mol. The molecule has 0 aromatic rings. The average Bonchev–Trinajstić information content (AvgIpc) is 2.51. The molecule has 0 heterocycles. The van der Waals surface area contributed by atoms with Crippen molar-refractivity contribution in [3.05, 3.63) is 0 Å². The van der Waals surface area contributed by atoms with E-state index in [4.69, 9.17) is 5.11 Å². The molecule has 132 valence electrons. The van der Waals surface area contributed by atoms with Crippen molar-refractivity contribution < 1.29 is 9.90 Å². The predicted octanol–water partition coefficient (Wildman–Crippen LogP) is 3.90. The van der Waals surface area contributed by atoms with Crippen molar-refractivity contribution in [3.8, 4) is 0 Å². The maximum absolute atomic E-state index is 10.4. The summed E-state index contributed by atoms with van der Waals surface area (Å²) in [5.41, 5.74) is 0. The molecule has 0 rings (SSSR count). The van der Waals surface area contributed by atoms with Crippen LogP contribution in [0.25, 0.3) is 0 Å². The molecule has 0 radical (unpaired) electrons. The molecular weight excluding hydrogens is 276 g/mol. The molecule has 0 saturated carbocycles. The SMILES string of the molecule is CCN(CC)CCNCCCCCCCCCCCC(=O)O. The van der Waals surface area contributed by atoms with Gasteiger partial charge in [0.2, 0.25) is 0 Å². The number of hydrogen-bond acceptors (Lipinski definition) is 3. The highest BCUT2D eigenvalue weighted by Crippen LogP contribution is 2.10. The first-order valence-corrected chi connectivity index (χ1v) is 9.35. The van der Waals surface area contributed by atoms with E-state index in [0.717, 1.165) is 45.6 Å². The van der Waals surface area contributed by atoms with Crippen LogP contribution in [-0.4, -0.2) is 48.7 Å². The number of carbonyl (C=O) groups is 1. The third kappa shape index (κ3) is 15.8. The Morgan fingerprint density at radius 1 is 0.818 bits per heavy atom. The predicted molar refractivity (Wildman–Crippen MR) is 94.5 cm³/mol. The molecule has 0 saturated heterocycles. The van der Waals surface area contributed by atoms with E-state index in [2.05, 4.69) is 24.1 Å². The largest absolute Gasteiger partial charge is 0.481 e. The van der Waals surface area contributed by atoms with Crippen molar-refractivity contribution in [1.82, 2.24) is 10.2 Å². The van der Waals surface area contributed by atoms with Crippen LogP contribution in [0.1, 0.15) is 78.1 Å².